The first-order valence-electron chi connectivity index (χ1n) is 4.45. The number of benzene rings is 1. The van der Waals surface area contributed by atoms with Crippen LogP contribution in [0.1, 0.15) is 11.3 Å². The van der Waals surface area contributed by atoms with Crippen LogP contribution in [0.15, 0.2) is 36.8 Å². The second-order valence-corrected chi connectivity index (χ2v) is 3.50. The van der Waals surface area contributed by atoms with E-state index in [4.69, 9.17) is 11.6 Å². The van der Waals surface area contributed by atoms with Crippen molar-refractivity contribution in [3.63, 3.8) is 0 Å². The summed E-state index contributed by atoms with van der Waals surface area (Å²) in [6.45, 7) is 0. The van der Waals surface area contributed by atoms with Gasteiger partial charge in [-0.25, -0.2) is 14.4 Å². The van der Waals surface area contributed by atoms with Crippen molar-refractivity contribution in [3.8, 4) is 0 Å². The number of nitrogens with zero attached hydrogens (tertiary/aromatic N) is 2. The third-order valence-corrected chi connectivity index (χ3v) is 2.34. The van der Waals surface area contributed by atoms with Gasteiger partial charge in [-0.2, -0.15) is 0 Å². The number of halogens is 2. The summed E-state index contributed by atoms with van der Waals surface area (Å²) >= 11 is 5.67. The molecule has 1 heterocycles. The van der Waals surface area contributed by atoms with Gasteiger partial charge in [0.25, 0.3) is 0 Å². The average Bonchev–Trinajstić information content (AvgIpc) is 2.26. The molecule has 0 N–H and O–H groups in total. The Morgan fingerprint density at radius 2 is 2.13 bits per heavy atom. The van der Waals surface area contributed by atoms with E-state index in [1.165, 1.54) is 12.4 Å². The zero-order valence-corrected chi connectivity index (χ0v) is 8.58. The predicted octanol–water partition coefficient (Wildman–Crippen LogP) is 2.86. The summed E-state index contributed by atoms with van der Waals surface area (Å²) in [6.07, 6.45) is 3.50. The van der Waals surface area contributed by atoms with Gasteiger partial charge < -0.3 is 0 Å². The second kappa shape index (κ2) is 4.36. The molecule has 15 heavy (non-hydrogen) atoms. The van der Waals surface area contributed by atoms with Crippen molar-refractivity contribution < 1.29 is 4.39 Å². The zero-order chi connectivity index (χ0) is 10.7. The summed E-state index contributed by atoms with van der Waals surface area (Å²) < 4.78 is 13.5. The molecule has 0 saturated carbocycles. The van der Waals surface area contributed by atoms with E-state index in [2.05, 4.69) is 9.97 Å². The highest BCUT2D eigenvalue weighted by Gasteiger charge is 2.06. The van der Waals surface area contributed by atoms with Crippen molar-refractivity contribution in [2.75, 3.05) is 0 Å². The second-order valence-electron chi connectivity index (χ2n) is 3.09. The van der Waals surface area contributed by atoms with Gasteiger partial charge in [0.2, 0.25) is 0 Å². The maximum atomic E-state index is 13.5. The maximum Gasteiger partial charge on any atom is 0.145 e. The van der Waals surface area contributed by atoms with Gasteiger partial charge in [-0.3, -0.25) is 0 Å². The molecule has 0 spiro atoms. The molecule has 1 aromatic heterocycles. The fraction of sp³-hybridized carbons (Fsp3) is 0.0909. The first kappa shape index (κ1) is 10.1. The lowest BCUT2D eigenvalue weighted by Crippen LogP contribution is -1.95. The predicted molar refractivity (Wildman–Crippen MR) is 56.2 cm³/mol. The van der Waals surface area contributed by atoms with Crippen LogP contribution >= 0.6 is 11.6 Å². The minimum absolute atomic E-state index is 0.140. The fourth-order valence-electron chi connectivity index (χ4n) is 1.30. The summed E-state index contributed by atoms with van der Waals surface area (Å²) in [7, 11) is 0. The average molecular weight is 223 g/mol. The van der Waals surface area contributed by atoms with Crippen molar-refractivity contribution in [2.45, 2.75) is 6.42 Å². The Hall–Kier alpha value is -1.48. The summed E-state index contributed by atoms with van der Waals surface area (Å²) in [5, 5.41) is 0.140. The number of hydrogen-bond acceptors (Lipinski definition) is 2. The van der Waals surface area contributed by atoms with Gasteiger partial charge in [-0.1, -0.05) is 23.7 Å². The molecule has 0 amide bonds. The van der Waals surface area contributed by atoms with Crippen molar-refractivity contribution in [2.24, 2.45) is 0 Å². The van der Waals surface area contributed by atoms with Crippen molar-refractivity contribution >= 4 is 11.6 Å². The van der Waals surface area contributed by atoms with Crippen molar-refractivity contribution in [3.05, 3.63) is 58.9 Å². The first-order valence-corrected chi connectivity index (χ1v) is 4.83. The van der Waals surface area contributed by atoms with Crippen LogP contribution in [-0.4, -0.2) is 9.97 Å². The SMILES string of the molecule is Fc1c(Cl)cccc1Cc1ccncn1. The monoisotopic (exact) mass is 222 g/mol. The van der Waals surface area contributed by atoms with Crippen LogP contribution in [0, 0.1) is 5.82 Å². The van der Waals surface area contributed by atoms with Crippen LogP contribution in [0.4, 0.5) is 4.39 Å². The Bertz CT molecular complexity index is 459. The third kappa shape index (κ3) is 2.30. The molecule has 2 nitrogen and oxygen atoms in total. The molecule has 0 aliphatic carbocycles. The van der Waals surface area contributed by atoms with Crippen molar-refractivity contribution in [1.29, 1.82) is 0 Å². The highest BCUT2D eigenvalue weighted by molar-refractivity contribution is 6.30. The molecule has 0 atom stereocenters. The largest absolute Gasteiger partial charge is 0.245 e. The van der Waals surface area contributed by atoms with E-state index in [0.717, 1.165) is 5.69 Å². The van der Waals surface area contributed by atoms with E-state index in [9.17, 15) is 4.39 Å². The molecular formula is C11H8ClFN2. The zero-order valence-electron chi connectivity index (χ0n) is 7.82. The molecule has 1 aromatic carbocycles. The van der Waals surface area contributed by atoms with Gasteiger partial charge in [-0.05, 0) is 17.7 Å². The highest BCUT2D eigenvalue weighted by Crippen LogP contribution is 2.19. The molecule has 4 heteroatoms. The molecule has 0 saturated heterocycles. The van der Waals surface area contributed by atoms with Crippen LogP contribution in [0.3, 0.4) is 0 Å². The smallest absolute Gasteiger partial charge is 0.145 e. The number of aromatic nitrogens is 2. The molecule has 2 aromatic rings. The summed E-state index contributed by atoms with van der Waals surface area (Å²) in [5.74, 6) is -0.377. The van der Waals surface area contributed by atoms with E-state index < -0.39 is 0 Å². The van der Waals surface area contributed by atoms with E-state index in [0.29, 0.717) is 12.0 Å². The van der Waals surface area contributed by atoms with Gasteiger partial charge in [0.15, 0.2) is 0 Å². The van der Waals surface area contributed by atoms with Gasteiger partial charge in [0.05, 0.1) is 5.02 Å². The lowest BCUT2D eigenvalue weighted by molar-refractivity contribution is 0.613. The van der Waals surface area contributed by atoms with E-state index in [-0.39, 0.29) is 10.8 Å². The third-order valence-electron chi connectivity index (χ3n) is 2.05. The molecule has 0 radical (unpaired) electrons. The molecular weight excluding hydrogens is 215 g/mol. The van der Waals surface area contributed by atoms with Gasteiger partial charge >= 0.3 is 0 Å². The van der Waals surface area contributed by atoms with Crippen LogP contribution in [-0.2, 0) is 6.42 Å². The first-order chi connectivity index (χ1) is 7.27. The van der Waals surface area contributed by atoms with Crippen LogP contribution in [0.25, 0.3) is 0 Å². The number of hydrogen-bond donors (Lipinski definition) is 0. The van der Waals surface area contributed by atoms with Crippen LogP contribution in [0.5, 0.6) is 0 Å². The number of rotatable bonds is 2. The molecule has 2 rings (SSSR count). The fourth-order valence-corrected chi connectivity index (χ4v) is 1.50. The summed E-state index contributed by atoms with van der Waals surface area (Å²) in [4.78, 5) is 7.82. The lowest BCUT2D eigenvalue weighted by atomic mass is 10.1. The Labute approximate surface area is 91.8 Å². The van der Waals surface area contributed by atoms with Gasteiger partial charge in [-0.15, -0.1) is 0 Å². The minimum atomic E-state index is -0.377. The summed E-state index contributed by atoms with van der Waals surface area (Å²) in [5.41, 5.74) is 1.31. The molecule has 0 aliphatic heterocycles. The maximum absolute atomic E-state index is 13.5. The van der Waals surface area contributed by atoms with E-state index in [1.54, 1.807) is 24.4 Å². The molecule has 0 fully saturated rings. The Morgan fingerprint density at radius 3 is 2.87 bits per heavy atom. The van der Waals surface area contributed by atoms with Gasteiger partial charge in [0.1, 0.15) is 12.1 Å². The van der Waals surface area contributed by atoms with Crippen molar-refractivity contribution in [1.82, 2.24) is 9.97 Å². The van der Waals surface area contributed by atoms with Gasteiger partial charge in [0, 0.05) is 18.3 Å². The normalized spacial score (nSPS) is 10.3. The van der Waals surface area contributed by atoms with E-state index in [1.807, 2.05) is 0 Å². The van der Waals surface area contributed by atoms with Crippen LogP contribution < -0.4 is 0 Å². The Kier molecular flexibility index (Phi) is 2.92. The quantitative estimate of drug-likeness (QED) is 0.781. The highest BCUT2D eigenvalue weighted by atomic mass is 35.5. The standard InChI is InChI=1S/C11H8ClFN2/c12-10-3-1-2-8(11(10)13)6-9-4-5-14-7-15-9/h1-5,7H,6H2. The minimum Gasteiger partial charge on any atom is -0.245 e. The Balaban J connectivity index is 2.29. The molecule has 0 unspecified atom stereocenters. The van der Waals surface area contributed by atoms with Crippen LogP contribution in [0.2, 0.25) is 5.02 Å². The topological polar surface area (TPSA) is 25.8 Å². The molecule has 76 valence electrons. The lowest BCUT2D eigenvalue weighted by Gasteiger charge is -2.03. The van der Waals surface area contributed by atoms with E-state index >= 15 is 0 Å². The summed E-state index contributed by atoms with van der Waals surface area (Å²) in [6, 6.07) is 6.70. The molecule has 0 aliphatic rings. The molecule has 0 bridgehead atoms. The Morgan fingerprint density at radius 1 is 1.27 bits per heavy atom.